The number of nitrogens with one attached hydrogen (secondary N) is 1. The number of hydrogen-bond donors (Lipinski definition) is 1. The van der Waals surface area contributed by atoms with E-state index >= 15 is 0 Å². The summed E-state index contributed by atoms with van der Waals surface area (Å²) in [5.41, 5.74) is 3.10. The van der Waals surface area contributed by atoms with Crippen molar-refractivity contribution in [3.8, 4) is 0 Å². The van der Waals surface area contributed by atoms with Gasteiger partial charge in [-0.2, -0.15) is 0 Å². The monoisotopic (exact) mass is 431 g/mol. The van der Waals surface area contributed by atoms with Gasteiger partial charge in [-0.15, -0.1) is 0 Å². The van der Waals surface area contributed by atoms with Gasteiger partial charge in [0.25, 0.3) is 0 Å². The summed E-state index contributed by atoms with van der Waals surface area (Å²) >= 11 is 6.05. The molecule has 0 unspecified atom stereocenters. The zero-order valence-corrected chi connectivity index (χ0v) is 18.9. The molecule has 1 fully saturated rings. The lowest BCUT2D eigenvalue weighted by Crippen LogP contribution is -2.53. The predicted octanol–water partition coefficient (Wildman–Crippen LogP) is 3.42. The minimum Gasteiger partial charge on any atom is -0.378 e. The third kappa shape index (κ3) is 5.61. The van der Waals surface area contributed by atoms with E-state index in [1.807, 2.05) is 49.9 Å². The molecule has 0 saturated carbocycles. The lowest BCUT2D eigenvalue weighted by atomic mass is 10.0. The average molecular weight is 432 g/mol. The van der Waals surface area contributed by atoms with E-state index in [1.54, 1.807) is 7.11 Å². The normalized spacial score (nSPS) is 14.3. The molecule has 1 N–H and O–H groups in total. The summed E-state index contributed by atoms with van der Waals surface area (Å²) in [6.07, 6.45) is 0.694. The van der Waals surface area contributed by atoms with Crippen LogP contribution in [0.15, 0.2) is 24.3 Å². The van der Waals surface area contributed by atoms with E-state index in [0.29, 0.717) is 31.1 Å². The van der Waals surface area contributed by atoms with Gasteiger partial charge in [0.2, 0.25) is 0 Å². The van der Waals surface area contributed by atoms with E-state index in [1.165, 1.54) is 0 Å². The second-order valence-electron chi connectivity index (χ2n) is 7.83. The molecule has 2 heterocycles. The third-order valence-electron chi connectivity index (χ3n) is 5.04. The highest BCUT2D eigenvalue weighted by molar-refractivity contribution is 6.30. The summed E-state index contributed by atoms with van der Waals surface area (Å²) in [5, 5.41) is 3.68. The van der Waals surface area contributed by atoms with Crippen molar-refractivity contribution in [1.29, 1.82) is 0 Å². The van der Waals surface area contributed by atoms with Gasteiger partial charge in [-0.3, -0.25) is 0 Å². The van der Waals surface area contributed by atoms with Gasteiger partial charge in [-0.25, -0.2) is 14.8 Å². The molecular weight excluding hydrogens is 402 g/mol. The molecule has 0 radical (unpaired) electrons. The molecule has 2 amide bonds. The Morgan fingerprint density at radius 2 is 1.83 bits per heavy atom. The first-order valence-corrected chi connectivity index (χ1v) is 10.6. The molecule has 0 aliphatic carbocycles. The summed E-state index contributed by atoms with van der Waals surface area (Å²) in [6.45, 7) is 9.03. The molecule has 30 heavy (non-hydrogen) atoms. The van der Waals surface area contributed by atoms with Crippen molar-refractivity contribution in [3.05, 3.63) is 51.9 Å². The van der Waals surface area contributed by atoms with Gasteiger partial charge in [0.1, 0.15) is 11.6 Å². The number of methoxy groups -OCH3 is 1. The van der Waals surface area contributed by atoms with E-state index < -0.39 is 0 Å². The summed E-state index contributed by atoms with van der Waals surface area (Å²) in [7, 11) is 1.68. The molecular formula is C22H30ClN5O2. The van der Waals surface area contributed by atoms with Gasteiger partial charge in [-0.05, 0) is 38.5 Å². The highest BCUT2D eigenvalue weighted by Gasteiger charge is 2.25. The predicted molar refractivity (Wildman–Crippen MR) is 119 cm³/mol. The number of piperazine rings is 1. The second-order valence-corrected chi connectivity index (χ2v) is 8.27. The molecule has 0 atom stereocenters. The van der Waals surface area contributed by atoms with Gasteiger partial charge < -0.3 is 19.9 Å². The molecule has 1 saturated heterocycles. The molecule has 162 valence electrons. The van der Waals surface area contributed by atoms with Crippen LogP contribution in [-0.4, -0.2) is 60.2 Å². The van der Waals surface area contributed by atoms with Crippen molar-refractivity contribution >= 4 is 23.4 Å². The average Bonchev–Trinajstić information content (AvgIpc) is 2.71. The summed E-state index contributed by atoms with van der Waals surface area (Å²) in [5.74, 6) is 1.64. The Kier molecular flexibility index (Phi) is 7.50. The van der Waals surface area contributed by atoms with E-state index in [0.717, 1.165) is 41.6 Å². The lowest BCUT2D eigenvalue weighted by molar-refractivity contribution is 0.180. The smallest absolute Gasteiger partial charge is 0.317 e. The quantitative estimate of drug-likeness (QED) is 0.758. The molecule has 2 aromatic rings. The van der Waals surface area contributed by atoms with Crippen LogP contribution in [0.2, 0.25) is 5.02 Å². The van der Waals surface area contributed by atoms with Gasteiger partial charge in [0, 0.05) is 56.3 Å². The van der Waals surface area contributed by atoms with Crippen molar-refractivity contribution in [3.63, 3.8) is 0 Å². The van der Waals surface area contributed by atoms with E-state index in [-0.39, 0.29) is 12.1 Å². The Bertz CT molecular complexity index is 865. The first kappa shape index (κ1) is 22.3. The van der Waals surface area contributed by atoms with E-state index in [9.17, 15) is 4.79 Å². The van der Waals surface area contributed by atoms with Crippen molar-refractivity contribution in [2.24, 2.45) is 0 Å². The molecule has 8 heteroatoms. The first-order chi connectivity index (χ1) is 14.4. The van der Waals surface area contributed by atoms with Crippen molar-refractivity contribution in [2.45, 2.75) is 39.8 Å². The van der Waals surface area contributed by atoms with Gasteiger partial charge >= 0.3 is 6.03 Å². The number of hydrogen-bond acceptors (Lipinski definition) is 5. The standard InChI is InChI=1S/C22H30ClN5O2/c1-15(2)24-22(29)28-11-9-27(10-12-28)21-19(13-17-5-7-18(23)8-6-17)20(14-30-4)25-16(3)26-21/h5-8,15H,9-14H2,1-4H3,(H,24,29). The molecule has 1 aromatic heterocycles. The van der Waals surface area contributed by atoms with Crippen molar-refractivity contribution in [2.75, 3.05) is 38.2 Å². The zero-order chi connectivity index (χ0) is 21.7. The maximum Gasteiger partial charge on any atom is 0.317 e. The number of carbonyl (C=O) groups is 1. The fourth-order valence-corrected chi connectivity index (χ4v) is 3.73. The van der Waals surface area contributed by atoms with Gasteiger partial charge in [0.15, 0.2) is 0 Å². The number of aromatic nitrogens is 2. The third-order valence-corrected chi connectivity index (χ3v) is 5.29. The number of rotatable bonds is 6. The largest absolute Gasteiger partial charge is 0.378 e. The fourth-order valence-electron chi connectivity index (χ4n) is 3.60. The topological polar surface area (TPSA) is 70.6 Å². The molecule has 0 spiro atoms. The molecule has 7 nitrogen and oxygen atoms in total. The summed E-state index contributed by atoms with van der Waals surface area (Å²) in [6, 6.07) is 7.96. The number of anilines is 1. The van der Waals surface area contributed by atoms with Crippen LogP contribution in [0.1, 0.15) is 36.5 Å². The highest BCUT2D eigenvalue weighted by Crippen LogP contribution is 2.26. The first-order valence-electron chi connectivity index (χ1n) is 10.3. The zero-order valence-electron chi connectivity index (χ0n) is 18.1. The second kappa shape index (κ2) is 10.1. The Morgan fingerprint density at radius 3 is 2.43 bits per heavy atom. The number of halogens is 1. The van der Waals surface area contributed by atoms with Crippen molar-refractivity contribution < 1.29 is 9.53 Å². The van der Waals surface area contributed by atoms with Crippen LogP contribution in [0.25, 0.3) is 0 Å². The molecule has 1 aliphatic heterocycles. The number of aryl methyl sites for hydroxylation is 1. The number of urea groups is 1. The molecule has 1 aliphatic rings. The molecule has 0 bridgehead atoms. The summed E-state index contributed by atoms with van der Waals surface area (Å²) in [4.78, 5) is 25.9. The Balaban J connectivity index is 1.84. The van der Waals surface area contributed by atoms with E-state index in [4.69, 9.17) is 21.3 Å². The Morgan fingerprint density at radius 1 is 1.17 bits per heavy atom. The Hall–Kier alpha value is -2.38. The van der Waals surface area contributed by atoms with Crippen LogP contribution in [-0.2, 0) is 17.8 Å². The molecule has 1 aromatic carbocycles. The maximum absolute atomic E-state index is 12.3. The minimum atomic E-state index is -0.00928. The van der Waals surface area contributed by atoms with Crippen LogP contribution in [0.4, 0.5) is 10.6 Å². The van der Waals surface area contributed by atoms with Crippen LogP contribution >= 0.6 is 11.6 Å². The van der Waals surface area contributed by atoms with Gasteiger partial charge in [-0.1, -0.05) is 23.7 Å². The maximum atomic E-state index is 12.3. The minimum absolute atomic E-state index is 0.00928. The van der Waals surface area contributed by atoms with Crippen LogP contribution < -0.4 is 10.2 Å². The van der Waals surface area contributed by atoms with Crippen LogP contribution in [0.3, 0.4) is 0 Å². The van der Waals surface area contributed by atoms with E-state index in [2.05, 4.69) is 15.2 Å². The number of carbonyl (C=O) groups excluding carboxylic acids is 1. The number of amides is 2. The van der Waals surface area contributed by atoms with Crippen LogP contribution in [0.5, 0.6) is 0 Å². The number of ether oxygens (including phenoxy) is 1. The van der Waals surface area contributed by atoms with Crippen molar-refractivity contribution in [1.82, 2.24) is 20.2 Å². The number of benzene rings is 1. The fraction of sp³-hybridized carbons (Fsp3) is 0.500. The Labute approximate surface area is 183 Å². The number of nitrogens with zero attached hydrogens (tertiary/aromatic N) is 4. The summed E-state index contributed by atoms with van der Waals surface area (Å²) < 4.78 is 5.42. The van der Waals surface area contributed by atoms with Gasteiger partial charge in [0.05, 0.1) is 12.3 Å². The lowest BCUT2D eigenvalue weighted by Gasteiger charge is -2.37. The highest BCUT2D eigenvalue weighted by atomic mass is 35.5. The van der Waals surface area contributed by atoms with Crippen LogP contribution in [0, 0.1) is 6.92 Å². The molecule has 3 rings (SSSR count). The SMILES string of the molecule is COCc1nc(C)nc(N2CCN(C(=O)NC(C)C)CC2)c1Cc1ccc(Cl)cc1.